The number of anilines is 1. The van der Waals surface area contributed by atoms with Crippen LogP contribution in [-0.4, -0.2) is 135 Å². The lowest BCUT2D eigenvalue weighted by molar-refractivity contribution is -0.176. The molecule has 2 saturated carbocycles. The minimum atomic E-state index is -0.814. The topological polar surface area (TPSA) is 239 Å². The number of unbranched alkanes of at least 4 members (excludes halogenated alkanes) is 2. The first-order chi connectivity index (χ1) is 38.5. The monoisotopic (exact) mass is 1100 g/mol. The van der Waals surface area contributed by atoms with Crippen molar-refractivity contribution < 1.29 is 57.6 Å². The second kappa shape index (κ2) is 28.7. The van der Waals surface area contributed by atoms with Crippen molar-refractivity contribution in [1.82, 2.24) is 15.2 Å². The first kappa shape index (κ1) is 61.0. The molecule has 432 valence electrons. The van der Waals surface area contributed by atoms with Crippen molar-refractivity contribution >= 4 is 54.1 Å². The molecule has 2 aliphatic heterocycles. The zero-order chi connectivity index (χ0) is 57.3. The van der Waals surface area contributed by atoms with Gasteiger partial charge in [-0.25, -0.2) is 4.98 Å². The Morgan fingerprint density at radius 2 is 1.76 bits per heavy atom. The summed E-state index contributed by atoms with van der Waals surface area (Å²) in [4.78, 5) is 84.4. The Hall–Kier alpha value is -6.60. The van der Waals surface area contributed by atoms with Gasteiger partial charge in [0.15, 0.2) is 6.29 Å². The number of carbonyl (C=O) groups is 6. The van der Waals surface area contributed by atoms with E-state index < -0.39 is 18.5 Å². The van der Waals surface area contributed by atoms with E-state index in [0.29, 0.717) is 112 Å². The molecule has 0 spiro atoms. The largest absolute Gasteiger partial charge is 0.493 e. The Morgan fingerprint density at radius 3 is 2.50 bits per heavy atom. The minimum absolute atomic E-state index is 0.0416. The third-order valence-corrected chi connectivity index (χ3v) is 15.9. The van der Waals surface area contributed by atoms with Gasteiger partial charge in [0.2, 0.25) is 18.1 Å². The van der Waals surface area contributed by atoms with Gasteiger partial charge in [-0.05, 0) is 122 Å². The molecule has 2 aliphatic carbocycles. The summed E-state index contributed by atoms with van der Waals surface area (Å²) >= 11 is 0. The molecule has 7 rings (SSSR count). The fraction of sp³-hybridized carbons (Fsp3) is 0.548. The van der Waals surface area contributed by atoms with E-state index in [2.05, 4.69) is 37.1 Å². The maximum absolute atomic E-state index is 12.6. The summed E-state index contributed by atoms with van der Waals surface area (Å²) in [7, 11) is 1.68. The van der Waals surface area contributed by atoms with Gasteiger partial charge in [-0.1, -0.05) is 45.4 Å². The number of aliphatic hydroxyl groups excluding tert-OH is 1. The Labute approximate surface area is 470 Å². The molecule has 18 heteroatoms. The number of allylic oxidation sites excluding steroid dienone is 2. The molecule has 0 radical (unpaired) electrons. The number of likely N-dealkylation sites (N-methyl/N-ethyl adjacent to an activating group) is 1. The van der Waals surface area contributed by atoms with Crippen LogP contribution in [0.3, 0.4) is 0 Å². The SMILES string of the molecule is CC(=NCC1(C)CC2(C)CC(OCCOCc3ccc(OC4CC(O)CC(C=O)O4)cc3OCCCNC(=O)CCCCCN(C)C(=O)/C=C\C=O)CC(C)(C1)C2)C(=CN)c1ccc(N2CCc3cccc(C=O)c3C2)nc1C=O. The van der Waals surface area contributed by atoms with E-state index in [0.717, 1.165) is 92.9 Å². The van der Waals surface area contributed by atoms with Crippen molar-refractivity contribution in [2.45, 2.75) is 149 Å². The Bertz CT molecular complexity index is 2730. The van der Waals surface area contributed by atoms with E-state index in [1.54, 1.807) is 24.1 Å². The number of nitrogens with zero attached hydrogens (tertiary/aromatic N) is 4. The Balaban J connectivity index is 0.880. The van der Waals surface area contributed by atoms with Crippen LogP contribution in [-0.2, 0) is 53.0 Å². The highest BCUT2D eigenvalue weighted by atomic mass is 16.7. The van der Waals surface area contributed by atoms with Gasteiger partial charge in [0.1, 0.15) is 48.0 Å². The fourth-order valence-corrected chi connectivity index (χ4v) is 12.9. The zero-order valence-electron chi connectivity index (χ0n) is 47.3. The average Bonchev–Trinajstić information content (AvgIpc) is 3.46. The first-order valence-corrected chi connectivity index (χ1v) is 28.2. The fourth-order valence-electron chi connectivity index (χ4n) is 12.9. The number of fused-ring (bicyclic) bond motifs is 3. The molecule has 2 aromatic carbocycles. The summed E-state index contributed by atoms with van der Waals surface area (Å²) in [5, 5.41) is 13.3. The van der Waals surface area contributed by atoms with Crippen molar-refractivity contribution in [2.24, 2.45) is 27.0 Å². The van der Waals surface area contributed by atoms with Crippen LogP contribution in [0, 0.1) is 16.2 Å². The number of hydrogen-bond donors (Lipinski definition) is 3. The lowest BCUT2D eigenvalue weighted by Crippen LogP contribution is -2.50. The second-order valence-electron chi connectivity index (χ2n) is 23.3. The number of amides is 2. The summed E-state index contributed by atoms with van der Waals surface area (Å²) in [5.74, 6) is 1.36. The third-order valence-electron chi connectivity index (χ3n) is 15.9. The number of aliphatic hydroxyl groups is 1. The first-order valence-electron chi connectivity index (χ1n) is 28.2. The van der Waals surface area contributed by atoms with Gasteiger partial charge in [-0.2, -0.15) is 0 Å². The molecular weight excluding hydrogens is 1020 g/mol. The maximum Gasteiger partial charge on any atom is 0.246 e. The van der Waals surface area contributed by atoms with Crippen molar-refractivity contribution in [1.29, 1.82) is 0 Å². The van der Waals surface area contributed by atoms with Gasteiger partial charge in [0.05, 0.1) is 38.6 Å². The standard InChI is InChI=1S/C62H82N6O12/c1-43(52(33-63)51-18-19-56(66-54(51)37-72)68-23-20-44-12-9-13-45(35-70)53(44)34-68)65-42-62(4)40-60(2)31-50(32-61(3,39-60)41-62)77-27-26-76-38-46-16-17-48(79-59-29-47(73)28-49(36-71)80-59)30-55(46)78-25-11-21-64-57(74)14-7-6-8-22-67(5)58(75)15-10-24-69/h9-10,12-13,15-19,24,30,33,35-37,47,49-50,59,73H,6-8,11,14,20-23,25-29,31-32,34,38-42,63H2,1-5H3,(H,64,74)/b15-10-,52-33?,65-43?. The molecule has 3 aromatic rings. The number of carbonyl (C=O) groups excluding carboxylic acids is 6. The quantitative estimate of drug-likeness (QED) is 0.0261. The molecule has 3 heterocycles. The number of aliphatic imine (C=N–C) groups is 1. The van der Waals surface area contributed by atoms with Gasteiger partial charge >= 0.3 is 0 Å². The van der Waals surface area contributed by atoms with Crippen LogP contribution in [0.25, 0.3) is 5.57 Å². The summed E-state index contributed by atoms with van der Waals surface area (Å²) in [6.07, 6.45) is 13.8. The molecule has 80 heavy (non-hydrogen) atoms. The molecular formula is C62H82N6O12. The minimum Gasteiger partial charge on any atom is -0.493 e. The molecule has 5 unspecified atom stereocenters. The molecule has 5 atom stereocenters. The molecule has 4 aliphatic rings. The number of aldehydes is 4. The smallest absolute Gasteiger partial charge is 0.246 e. The van der Waals surface area contributed by atoms with E-state index in [-0.39, 0.29) is 59.3 Å². The molecule has 3 fully saturated rings. The second-order valence-corrected chi connectivity index (χ2v) is 23.3. The van der Waals surface area contributed by atoms with Crippen LogP contribution in [0.5, 0.6) is 11.5 Å². The summed E-state index contributed by atoms with van der Waals surface area (Å²) < 4.78 is 30.8. The number of aromatic nitrogens is 1. The predicted octanol–water partition coefficient (Wildman–Crippen LogP) is 7.73. The van der Waals surface area contributed by atoms with Crippen molar-refractivity contribution in [3.63, 3.8) is 0 Å². The van der Waals surface area contributed by atoms with Crippen molar-refractivity contribution in [3.8, 4) is 11.5 Å². The number of rotatable bonds is 29. The highest BCUT2D eigenvalue weighted by Gasteiger charge is 2.53. The van der Waals surface area contributed by atoms with Crippen LogP contribution < -0.4 is 25.4 Å². The van der Waals surface area contributed by atoms with Gasteiger partial charge in [0, 0.05) is 105 Å². The molecule has 2 bridgehead atoms. The van der Waals surface area contributed by atoms with Crippen LogP contribution >= 0.6 is 0 Å². The van der Waals surface area contributed by atoms with Crippen molar-refractivity contribution in [2.75, 3.05) is 57.9 Å². The van der Waals surface area contributed by atoms with Crippen LogP contribution in [0.1, 0.15) is 148 Å². The number of ether oxygens (including phenoxy) is 5. The molecule has 4 N–H and O–H groups in total. The van der Waals surface area contributed by atoms with Crippen LogP contribution in [0.15, 0.2) is 71.9 Å². The number of pyridine rings is 1. The normalized spacial score (nSPS) is 24.9. The zero-order valence-corrected chi connectivity index (χ0v) is 47.3. The third kappa shape index (κ3) is 17.0. The van der Waals surface area contributed by atoms with E-state index in [1.165, 1.54) is 18.4 Å². The molecule has 1 saturated heterocycles. The van der Waals surface area contributed by atoms with E-state index in [4.69, 9.17) is 39.4 Å². The molecule has 1 aromatic heterocycles. The molecule has 2 amide bonds. The number of benzene rings is 2. The maximum atomic E-state index is 12.6. The van der Waals surface area contributed by atoms with Crippen LogP contribution in [0.2, 0.25) is 0 Å². The predicted molar refractivity (Wildman–Crippen MR) is 305 cm³/mol. The lowest BCUT2D eigenvalue weighted by Gasteiger charge is -2.58. The van der Waals surface area contributed by atoms with Crippen LogP contribution in [0.4, 0.5) is 5.82 Å². The molecule has 18 nitrogen and oxygen atoms in total. The summed E-state index contributed by atoms with van der Waals surface area (Å²) in [6, 6.07) is 15.0. The van der Waals surface area contributed by atoms with Gasteiger partial charge < -0.3 is 54.4 Å². The average molecular weight is 1100 g/mol. The number of nitrogens with one attached hydrogen (secondary N) is 1. The van der Waals surface area contributed by atoms with E-state index in [9.17, 15) is 33.9 Å². The Kier molecular flexibility index (Phi) is 21.9. The highest BCUT2D eigenvalue weighted by molar-refractivity contribution is 6.23. The summed E-state index contributed by atoms with van der Waals surface area (Å²) in [6.45, 7) is 13.2. The van der Waals surface area contributed by atoms with Crippen molar-refractivity contribution in [3.05, 3.63) is 100 Å². The van der Waals surface area contributed by atoms with Gasteiger partial charge in [-0.15, -0.1) is 0 Å². The number of hydrogen-bond acceptors (Lipinski definition) is 16. The van der Waals surface area contributed by atoms with Gasteiger partial charge in [-0.3, -0.25) is 29.0 Å². The van der Waals surface area contributed by atoms with E-state index in [1.807, 2.05) is 37.3 Å². The lowest BCUT2D eigenvalue weighted by atomic mass is 9.49. The van der Waals surface area contributed by atoms with Gasteiger partial charge in [0.25, 0.3) is 0 Å². The number of nitrogens with two attached hydrogens (primary N) is 1. The highest BCUT2D eigenvalue weighted by Crippen LogP contribution is 2.61. The summed E-state index contributed by atoms with van der Waals surface area (Å²) in [5.41, 5.74) is 12.2. The van der Waals surface area contributed by atoms with E-state index >= 15 is 0 Å². The Morgan fingerprint density at radius 1 is 0.963 bits per heavy atom.